The topological polar surface area (TPSA) is 38.4 Å². The van der Waals surface area contributed by atoms with E-state index in [1.54, 1.807) is 12.1 Å². The van der Waals surface area contributed by atoms with Crippen molar-refractivity contribution in [3.63, 3.8) is 0 Å². The van der Waals surface area contributed by atoms with Gasteiger partial charge in [0.1, 0.15) is 12.2 Å². The number of hydrogen-bond acceptors (Lipinski definition) is 4. The summed E-state index contributed by atoms with van der Waals surface area (Å²) in [6.07, 6.45) is 1.05. The highest BCUT2D eigenvalue weighted by Gasteiger charge is 2.11. The fourth-order valence-corrected chi connectivity index (χ4v) is 4.11. The Labute approximate surface area is 161 Å². The maximum absolute atomic E-state index is 6.22. The van der Waals surface area contributed by atoms with Gasteiger partial charge in [-0.15, -0.1) is 11.3 Å². The number of hydrogen-bond donors (Lipinski definition) is 0. The van der Waals surface area contributed by atoms with Crippen molar-refractivity contribution in [2.24, 2.45) is 4.99 Å². The van der Waals surface area contributed by atoms with Crippen LogP contribution in [0.1, 0.15) is 34.9 Å². The van der Waals surface area contributed by atoms with Crippen molar-refractivity contribution in [3.8, 4) is 11.3 Å². The van der Waals surface area contributed by atoms with E-state index in [1.807, 2.05) is 30.4 Å². The van der Waals surface area contributed by atoms with Crippen molar-refractivity contribution in [1.29, 1.82) is 0 Å². The Morgan fingerprint density at radius 1 is 1.24 bits per heavy atom. The van der Waals surface area contributed by atoms with E-state index in [4.69, 9.17) is 27.7 Å². The van der Waals surface area contributed by atoms with E-state index in [1.165, 1.54) is 15.3 Å². The van der Waals surface area contributed by atoms with E-state index in [2.05, 4.69) is 30.1 Å². The number of benzene rings is 1. The van der Waals surface area contributed by atoms with Gasteiger partial charge in [0.05, 0.1) is 5.02 Å². The predicted molar refractivity (Wildman–Crippen MR) is 106 cm³/mol. The molecule has 0 bridgehead atoms. The zero-order valence-electron chi connectivity index (χ0n) is 14.3. The minimum absolute atomic E-state index is 0.445. The third-order valence-electron chi connectivity index (χ3n) is 3.95. The van der Waals surface area contributed by atoms with Crippen LogP contribution in [0.5, 0.6) is 0 Å². The van der Waals surface area contributed by atoms with Gasteiger partial charge in [-0.05, 0) is 44.5 Å². The third kappa shape index (κ3) is 4.14. The van der Waals surface area contributed by atoms with Gasteiger partial charge in [0.25, 0.3) is 0 Å². The summed E-state index contributed by atoms with van der Waals surface area (Å²) in [5.74, 6) is 0.698. The Hall–Kier alpha value is -1.62. The lowest BCUT2D eigenvalue weighted by Crippen LogP contribution is -1.95. The van der Waals surface area contributed by atoms with Crippen LogP contribution in [0.15, 0.2) is 39.8 Å². The van der Waals surface area contributed by atoms with Gasteiger partial charge in [0.2, 0.25) is 0 Å². The molecule has 0 fully saturated rings. The maximum Gasteiger partial charge on any atom is 0.158 e. The van der Waals surface area contributed by atoms with Crippen molar-refractivity contribution in [2.45, 2.75) is 33.7 Å². The lowest BCUT2D eigenvalue weighted by Gasteiger charge is -1.99. The highest BCUT2D eigenvalue weighted by atomic mass is 35.5. The lowest BCUT2D eigenvalue weighted by atomic mass is 10.1. The molecule has 25 heavy (non-hydrogen) atoms. The molecule has 0 saturated heterocycles. The number of rotatable bonds is 5. The molecule has 1 aromatic carbocycles. The molecule has 0 spiro atoms. The largest absolute Gasteiger partial charge is 0.359 e. The summed E-state index contributed by atoms with van der Waals surface area (Å²) >= 11 is 14.0. The molecule has 0 amide bonds. The molecule has 2 heterocycles. The summed E-state index contributed by atoms with van der Waals surface area (Å²) in [5.41, 5.74) is 3.70. The van der Waals surface area contributed by atoms with Crippen molar-refractivity contribution in [1.82, 2.24) is 5.16 Å². The van der Waals surface area contributed by atoms with Crippen LogP contribution >= 0.6 is 34.5 Å². The zero-order chi connectivity index (χ0) is 18.0. The van der Waals surface area contributed by atoms with E-state index in [0.717, 1.165) is 17.7 Å². The Morgan fingerprint density at radius 2 is 2.04 bits per heavy atom. The van der Waals surface area contributed by atoms with Gasteiger partial charge in [-0.3, -0.25) is 4.99 Å². The minimum atomic E-state index is 0.445. The number of thiophene rings is 1. The van der Waals surface area contributed by atoms with Gasteiger partial charge >= 0.3 is 0 Å². The molecule has 0 aliphatic carbocycles. The second-order valence-corrected chi connectivity index (χ2v) is 7.92. The number of aliphatic imine (C=N–C) groups is 1. The van der Waals surface area contributed by atoms with Gasteiger partial charge in [0.15, 0.2) is 5.76 Å². The smallest absolute Gasteiger partial charge is 0.158 e. The van der Waals surface area contributed by atoms with E-state index < -0.39 is 0 Å². The molecule has 0 N–H and O–H groups in total. The van der Waals surface area contributed by atoms with Crippen LogP contribution < -0.4 is 0 Å². The number of halogens is 2. The minimum Gasteiger partial charge on any atom is -0.359 e. The Kier molecular flexibility index (Phi) is 5.62. The summed E-state index contributed by atoms with van der Waals surface area (Å²) in [5, 5.41) is 5.23. The average Bonchev–Trinajstić information content (AvgIpc) is 3.19. The first-order chi connectivity index (χ1) is 12.0. The molecule has 6 heteroatoms. The summed E-state index contributed by atoms with van der Waals surface area (Å²) in [4.78, 5) is 7.32. The summed E-state index contributed by atoms with van der Waals surface area (Å²) in [6, 6.07) is 9.40. The average molecular weight is 393 g/mol. The van der Waals surface area contributed by atoms with Crippen LogP contribution in [0.4, 0.5) is 0 Å². The van der Waals surface area contributed by atoms with Crippen molar-refractivity contribution in [2.75, 3.05) is 0 Å². The molecular weight excluding hydrogens is 375 g/mol. The Bertz CT molecular complexity index is 927. The van der Waals surface area contributed by atoms with E-state index in [9.17, 15) is 0 Å². The maximum atomic E-state index is 6.22. The third-order valence-corrected chi connectivity index (χ3v) is 5.69. The molecule has 0 aliphatic heterocycles. The number of aromatic nitrogens is 1. The lowest BCUT2D eigenvalue weighted by molar-refractivity contribution is 0.387. The molecule has 3 aromatic rings. The quantitative estimate of drug-likeness (QED) is 0.459. The molecule has 0 aliphatic rings. The van der Waals surface area contributed by atoms with Crippen molar-refractivity contribution < 1.29 is 4.52 Å². The van der Waals surface area contributed by atoms with Crippen molar-refractivity contribution >= 4 is 40.3 Å². The number of nitrogens with zero attached hydrogens (tertiary/aromatic N) is 2. The van der Waals surface area contributed by atoms with Gasteiger partial charge in [-0.1, -0.05) is 35.3 Å². The molecular formula is C19H18Cl2N2OS. The predicted octanol–water partition coefficient (Wildman–Crippen LogP) is 6.59. The molecule has 0 unspecified atom stereocenters. The van der Waals surface area contributed by atoms with Gasteiger partial charge in [-0.25, -0.2) is 0 Å². The van der Waals surface area contributed by atoms with Gasteiger partial charge in [-0.2, -0.15) is 0 Å². The van der Waals surface area contributed by atoms with E-state index in [0.29, 0.717) is 28.0 Å². The first-order valence-electron chi connectivity index (χ1n) is 7.99. The highest BCUT2D eigenvalue weighted by molar-refractivity contribution is 7.12. The fraction of sp³-hybridized carbons (Fsp3) is 0.263. The first kappa shape index (κ1) is 18.2. The van der Waals surface area contributed by atoms with Crippen LogP contribution in [-0.4, -0.2) is 10.9 Å². The molecule has 3 nitrogen and oxygen atoms in total. The zero-order valence-corrected chi connectivity index (χ0v) is 16.6. The standard InChI is InChI=1S/C19H18Cl2N2OS/c1-4-15-9-17(12(3)25-15)11(2)22-10-14-8-19(23-24-14)16-6-5-13(20)7-18(16)21/h5-9H,4,10H2,1-3H3. The summed E-state index contributed by atoms with van der Waals surface area (Å²) < 4.78 is 5.40. The SMILES string of the molecule is CCc1cc(C(C)=NCc2cc(-c3ccc(Cl)cc3Cl)no2)c(C)s1. The fourth-order valence-electron chi connectivity index (χ4n) is 2.57. The normalized spacial score (nSPS) is 12.0. The Balaban J connectivity index is 1.78. The number of aryl methyl sites for hydroxylation is 2. The summed E-state index contributed by atoms with van der Waals surface area (Å²) in [7, 11) is 0. The molecule has 3 rings (SSSR count). The second-order valence-electron chi connectivity index (χ2n) is 5.74. The molecule has 0 saturated carbocycles. The van der Waals surface area contributed by atoms with Gasteiger partial charge < -0.3 is 4.52 Å². The van der Waals surface area contributed by atoms with Crippen LogP contribution in [0.25, 0.3) is 11.3 Å². The molecule has 2 aromatic heterocycles. The Morgan fingerprint density at radius 3 is 2.72 bits per heavy atom. The van der Waals surface area contributed by atoms with Crippen molar-refractivity contribution in [3.05, 3.63) is 61.5 Å². The highest BCUT2D eigenvalue weighted by Crippen LogP contribution is 2.30. The molecule has 0 atom stereocenters. The molecule has 0 radical (unpaired) electrons. The second kappa shape index (κ2) is 7.73. The monoisotopic (exact) mass is 392 g/mol. The van der Waals surface area contributed by atoms with E-state index >= 15 is 0 Å². The van der Waals surface area contributed by atoms with Crippen LogP contribution in [0.3, 0.4) is 0 Å². The first-order valence-corrected chi connectivity index (χ1v) is 9.57. The van der Waals surface area contributed by atoms with Gasteiger partial charge in [0, 0.05) is 37.7 Å². The molecule has 130 valence electrons. The van der Waals surface area contributed by atoms with Crippen LogP contribution in [-0.2, 0) is 13.0 Å². The van der Waals surface area contributed by atoms with E-state index in [-0.39, 0.29) is 0 Å². The summed E-state index contributed by atoms with van der Waals surface area (Å²) in [6.45, 7) is 6.77. The van der Waals surface area contributed by atoms with Crippen LogP contribution in [0.2, 0.25) is 10.0 Å². The van der Waals surface area contributed by atoms with Crippen LogP contribution in [0, 0.1) is 6.92 Å².